The number of ether oxygens (including phenoxy) is 1. The smallest absolute Gasteiger partial charge is 0.176 e. The van der Waals surface area contributed by atoms with Crippen LogP contribution in [0.25, 0.3) is 0 Å². The molecule has 3 rings (SSSR count). The van der Waals surface area contributed by atoms with Crippen molar-refractivity contribution >= 4 is 5.78 Å². The summed E-state index contributed by atoms with van der Waals surface area (Å²) >= 11 is 0. The first-order chi connectivity index (χ1) is 9.76. The van der Waals surface area contributed by atoms with Crippen LogP contribution in [-0.2, 0) is 0 Å². The topological polar surface area (TPSA) is 32.8 Å². The predicted octanol–water partition coefficient (Wildman–Crippen LogP) is 1.66. The van der Waals surface area contributed by atoms with Crippen LogP contribution in [0.15, 0.2) is 24.3 Å². The lowest BCUT2D eigenvalue weighted by molar-refractivity contribution is 0.0784. The molecule has 0 spiro atoms. The highest BCUT2D eigenvalue weighted by Gasteiger charge is 2.31. The molecule has 0 bridgehead atoms. The molecule has 0 aliphatic carbocycles. The third kappa shape index (κ3) is 2.86. The van der Waals surface area contributed by atoms with Crippen LogP contribution in [0.1, 0.15) is 23.2 Å². The summed E-state index contributed by atoms with van der Waals surface area (Å²) in [4.78, 5) is 17.2. The van der Waals surface area contributed by atoms with E-state index in [0.717, 1.165) is 30.9 Å². The molecule has 108 valence electrons. The lowest BCUT2D eigenvalue weighted by Gasteiger charge is -2.37. The number of hydrogen-bond donors (Lipinski definition) is 0. The van der Waals surface area contributed by atoms with Crippen molar-refractivity contribution in [1.29, 1.82) is 0 Å². The second-order valence-electron chi connectivity index (χ2n) is 5.72. The van der Waals surface area contributed by atoms with E-state index in [1.54, 1.807) is 7.11 Å². The Morgan fingerprint density at radius 3 is 2.80 bits per heavy atom. The summed E-state index contributed by atoms with van der Waals surface area (Å²) < 4.78 is 5.12. The van der Waals surface area contributed by atoms with Crippen molar-refractivity contribution in [2.75, 3.05) is 39.8 Å². The van der Waals surface area contributed by atoms with Gasteiger partial charge in [-0.25, -0.2) is 0 Å². The highest BCUT2D eigenvalue weighted by atomic mass is 16.5. The highest BCUT2D eigenvalue weighted by molar-refractivity contribution is 5.97. The first kappa shape index (κ1) is 13.6. The van der Waals surface area contributed by atoms with Gasteiger partial charge in [0.25, 0.3) is 0 Å². The number of benzene rings is 1. The molecule has 2 heterocycles. The minimum Gasteiger partial charge on any atom is -0.497 e. The van der Waals surface area contributed by atoms with Crippen LogP contribution >= 0.6 is 0 Å². The molecule has 2 aliphatic rings. The number of carbonyl (C=O) groups is 1. The van der Waals surface area contributed by atoms with Gasteiger partial charge in [-0.15, -0.1) is 0 Å². The minimum atomic E-state index is 0.208. The van der Waals surface area contributed by atoms with E-state index in [-0.39, 0.29) is 5.78 Å². The second kappa shape index (κ2) is 5.94. The van der Waals surface area contributed by atoms with E-state index in [9.17, 15) is 4.79 Å². The summed E-state index contributed by atoms with van der Waals surface area (Å²) in [5, 5.41) is 0. The number of ketones is 1. The molecule has 0 radical (unpaired) electrons. The van der Waals surface area contributed by atoms with Gasteiger partial charge in [0, 0.05) is 31.2 Å². The molecule has 2 fully saturated rings. The fourth-order valence-corrected chi connectivity index (χ4v) is 3.27. The fourth-order valence-electron chi connectivity index (χ4n) is 3.27. The number of nitrogens with zero attached hydrogens (tertiary/aromatic N) is 2. The molecule has 1 aromatic rings. The zero-order chi connectivity index (χ0) is 13.9. The van der Waals surface area contributed by atoms with Gasteiger partial charge in [-0.05, 0) is 43.7 Å². The number of methoxy groups -OCH3 is 1. The molecular weight excluding hydrogens is 252 g/mol. The highest BCUT2D eigenvalue weighted by Crippen LogP contribution is 2.21. The van der Waals surface area contributed by atoms with E-state index < -0.39 is 0 Å². The van der Waals surface area contributed by atoms with E-state index in [0.29, 0.717) is 12.6 Å². The van der Waals surface area contributed by atoms with Gasteiger partial charge in [0.05, 0.1) is 13.7 Å². The molecule has 0 aromatic heterocycles. The van der Waals surface area contributed by atoms with Gasteiger partial charge < -0.3 is 4.74 Å². The number of fused-ring (bicyclic) bond motifs is 1. The van der Waals surface area contributed by atoms with Crippen molar-refractivity contribution in [3.8, 4) is 5.75 Å². The maximum Gasteiger partial charge on any atom is 0.176 e. The maximum atomic E-state index is 12.3. The molecule has 2 saturated heterocycles. The Hall–Kier alpha value is -1.39. The van der Waals surface area contributed by atoms with E-state index >= 15 is 0 Å². The number of rotatable bonds is 4. The fraction of sp³-hybridized carbons (Fsp3) is 0.562. The van der Waals surface area contributed by atoms with Crippen LogP contribution in [0.3, 0.4) is 0 Å². The van der Waals surface area contributed by atoms with Crippen molar-refractivity contribution in [1.82, 2.24) is 9.80 Å². The van der Waals surface area contributed by atoms with Gasteiger partial charge >= 0.3 is 0 Å². The third-order valence-corrected chi connectivity index (χ3v) is 4.45. The van der Waals surface area contributed by atoms with E-state index in [4.69, 9.17) is 4.74 Å². The first-order valence-corrected chi connectivity index (χ1v) is 7.40. The van der Waals surface area contributed by atoms with Gasteiger partial charge in [-0.2, -0.15) is 0 Å². The Balaban J connectivity index is 1.58. The van der Waals surface area contributed by atoms with E-state index in [2.05, 4.69) is 9.80 Å². The number of piperazine rings is 1. The second-order valence-corrected chi connectivity index (χ2v) is 5.72. The van der Waals surface area contributed by atoms with Crippen LogP contribution < -0.4 is 4.74 Å². The Labute approximate surface area is 120 Å². The largest absolute Gasteiger partial charge is 0.497 e. The van der Waals surface area contributed by atoms with Crippen LogP contribution in [0, 0.1) is 0 Å². The Bertz CT molecular complexity index is 472. The molecule has 0 saturated carbocycles. The molecule has 1 unspecified atom stereocenters. The van der Waals surface area contributed by atoms with E-state index in [1.165, 1.54) is 19.4 Å². The lowest BCUT2D eigenvalue weighted by Crippen LogP contribution is -2.51. The van der Waals surface area contributed by atoms with Crippen LogP contribution in [-0.4, -0.2) is 61.5 Å². The summed E-state index contributed by atoms with van der Waals surface area (Å²) in [7, 11) is 1.64. The van der Waals surface area contributed by atoms with Gasteiger partial charge in [0.1, 0.15) is 5.75 Å². The van der Waals surface area contributed by atoms with Gasteiger partial charge in [0.2, 0.25) is 0 Å². The van der Waals surface area contributed by atoms with Crippen LogP contribution in [0.2, 0.25) is 0 Å². The number of hydrogen-bond acceptors (Lipinski definition) is 4. The Morgan fingerprint density at radius 1 is 1.25 bits per heavy atom. The first-order valence-electron chi connectivity index (χ1n) is 7.40. The molecule has 1 aromatic carbocycles. The normalized spacial score (nSPS) is 23.6. The minimum absolute atomic E-state index is 0.208. The summed E-state index contributed by atoms with van der Waals surface area (Å²) in [5.41, 5.74) is 0.777. The average Bonchev–Trinajstić information content (AvgIpc) is 2.95. The van der Waals surface area contributed by atoms with Crippen molar-refractivity contribution in [3.63, 3.8) is 0 Å². The van der Waals surface area contributed by atoms with Crippen molar-refractivity contribution in [3.05, 3.63) is 29.8 Å². The molecule has 2 aliphatic heterocycles. The molecule has 20 heavy (non-hydrogen) atoms. The van der Waals surface area contributed by atoms with Crippen LogP contribution in [0.4, 0.5) is 0 Å². The summed E-state index contributed by atoms with van der Waals surface area (Å²) in [6.07, 6.45) is 2.60. The Morgan fingerprint density at radius 2 is 2.05 bits per heavy atom. The molecule has 1 atom stereocenters. The zero-order valence-corrected chi connectivity index (χ0v) is 12.0. The van der Waals surface area contributed by atoms with Gasteiger partial charge in [-0.1, -0.05) is 0 Å². The molecule has 0 amide bonds. The average molecular weight is 274 g/mol. The lowest BCUT2D eigenvalue weighted by atomic mass is 10.1. The monoisotopic (exact) mass is 274 g/mol. The molecule has 0 N–H and O–H groups in total. The quantitative estimate of drug-likeness (QED) is 0.782. The third-order valence-electron chi connectivity index (χ3n) is 4.45. The van der Waals surface area contributed by atoms with Crippen molar-refractivity contribution < 1.29 is 9.53 Å². The number of Topliss-reactive ketones (excluding diaryl/α,β-unsaturated/α-hetero) is 1. The molecule has 4 heteroatoms. The predicted molar refractivity (Wildman–Crippen MR) is 78.4 cm³/mol. The summed E-state index contributed by atoms with van der Waals surface area (Å²) in [5.74, 6) is 1.00. The molecular formula is C16H22N2O2. The molecule has 4 nitrogen and oxygen atoms in total. The SMILES string of the molecule is COc1ccc(C(=O)CN2CCN3CCCC3C2)cc1. The number of carbonyl (C=O) groups excluding carboxylic acids is 1. The Kier molecular flexibility index (Phi) is 4.03. The van der Waals surface area contributed by atoms with Gasteiger partial charge in [0.15, 0.2) is 5.78 Å². The maximum absolute atomic E-state index is 12.3. The zero-order valence-electron chi connectivity index (χ0n) is 12.0. The van der Waals surface area contributed by atoms with Crippen LogP contribution in [0.5, 0.6) is 5.75 Å². The standard InChI is InChI=1S/C16H22N2O2/c1-20-15-6-4-13(5-7-15)16(19)12-17-9-10-18-8-2-3-14(18)11-17/h4-7,14H,2-3,8-12H2,1H3. The van der Waals surface area contributed by atoms with Crippen molar-refractivity contribution in [2.24, 2.45) is 0 Å². The summed E-state index contributed by atoms with van der Waals surface area (Å²) in [6.45, 7) is 4.95. The summed E-state index contributed by atoms with van der Waals surface area (Å²) in [6, 6.07) is 8.08. The van der Waals surface area contributed by atoms with E-state index in [1.807, 2.05) is 24.3 Å². The van der Waals surface area contributed by atoms with Crippen molar-refractivity contribution in [2.45, 2.75) is 18.9 Å². The van der Waals surface area contributed by atoms with Gasteiger partial charge in [-0.3, -0.25) is 14.6 Å².